The largest absolute Gasteiger partial charge is 0.492 e. The molecule has 7 nitrogen and oxygen atoms in total. The minimum atomic E-state index is -0.292. The first-order valence-electron chi connectivity index (χ1n) is 7.86. The van der Waals surface area contributed by atoms with E-state index in [0.29, 0.717) is 29.7 Å². The maximum Gasteiger partial charge on any atom is 0.315 e. The molecule has 2 aromatic heterocycles. The van der Waals surface area contributed by atoms with Gasteiger partial charge in [0.2, 0.25) is 0 Å². The monoisotopic (exact) mass is 359 g/mol. The van der Waals surface area contributed by atoms with Crippen LogP contribution in [0.1, 0.15) is 18.8 Å². The average Bonchev–Trinajstić information content (AvgIpc) is 3.04. The SMILES string of the molecule is CC(NC(=O)NCCOc1ccc(Cl)cc1)c1nnc2ccccn12. The fraction of sp³-hybridized carbons (Fsp3) is 0.235. The summed E-state index contributed by atoms with van der Waals surface area (Å²) in [7, 11) is 0. The van der Waals surface area contributed by atoms with E-state index in [2.05, 4.69) is 20.8 Å². The van der Waals surface area contributed by atoms with Crippen LogP contribution < -0.4 is 15.4 Å². The molecule has 0 radical (unpaired) electrons. The minimum absolute atomic E-state index is 0.283. The number of hydrogen-bond acceptors (Lipinski definition) is 4. The van der Waals surface area contributed by atoms with Gasteiger partial charge in [-0.3, -0.25) is 4.40 Å². The highest BCUT2D eigenvalue weighted by molar-refractivity contribution is 6.30. The second-order valence-electron chi connectivity index (χ2n) is 5.41. The maximum atomic E-state index is 12.0. The molecule has 0 bridgehead atoms. The Hall–Kier alpha value is -2.80. The van der Waals surface area contributed by atoms with Gasteiger partial charge < -0.3 is 15.4 Å². The Morgan fingerprint density at radius 3 is 2.84 bits per heavy atom. The number of nitrogens with one attached hydrogen (secondary N) is 2. The standard InChI is InChI=1S/C17H18ClN5O2/c1-12(16-22-21-15-4-2-3-10-23(15)16)20-17(24)19-9-11-25-14-7-5-13(18)6-8-14/h2-8,10,12H,9,11H2,1H3,(H2,19,20,24). The molecule has 0 aliphatic heterocycles. The third-order valence-electron chi connectivity index (χ3n) is 3.54. The van der Waals surface area contributed by atoms with Crippen LogP contribution in [0.25, 0.3) is 5.65 Å². The quantitative estimate of drug-likeness (QED) is 0.663. The van der Waals surface area contributed by atoms with Crippen LogP contribution in [0, 0.1) is 0 Å². The summed E-state index contributed by atoms with van der Waals surface area (Å²) in [4.78, 5) is 12.0. The van der Waals surface area contributed by atoms with E-state index in [4.69, 9.17) is 16.3 Å². The van der Waals surface area contributed by atoms with Crippen molar-refractivity contribution in [3.8, 4) is 5.75 Å². The van der Waals surface area contributed by atoms with Crippen molar-refractivity contribution in [2.24, 2.45) is 0 Å². The molecular formula is C17H18ClN5O2. The van der Waals surface area contributed by atoms with Crippen LogP contribution in [0.2, 0.25) is 5.02 Å². The van der Waals surface area contributed by atoms with E-state index < -0.39 is 0 Å². The van der Waals surface area contributed by atoms with Gasteiger partial charge in [0.05, 0.1) is 12.6 Å². The molecule has 0 fully saturated rings. The predicted octanol–water partition coefficient (Wildman–Crippen LogP) is 2.82. The topological polar surface area (TPSA) is 80.5 Å². The van der Waals surface area contributed by atoms with Crippen LogP contribution in [0.15, 0.2) is 48.7 Å². The third kappa shape index (κ3) is 4.39. The molecule has 0 spiro atoms. The average molecular weight is 360 g/mol. The van der Waals surface area contributed by atoms with Crippen LogP contribution in [0.5, 0.6) is 5.75 Å². The molecule has 3 rings (SSSR count). The first-order chi connectivity index (χ1) is 12.1. The smallest absolute Gasteiger partial charge is 0.315 e. The summed E-state index contributed by atoms with van der Waals surface area (Å²) < 4.78 is 7.36. The summed E-state index contributed by atoms with van der Waals surface area (Å²) in [6.45, 7) is 2.59. The van der Waals surface area contributed by atoms with E-state index in [-0.39, 0.29) is 12.1 Å². The van der Waals surface area contributed by atoms with E-state index in [1.165, 1.54) is 0 Å². The molecule has 2 N–H and O–H groups in total. The highest BCUT2D eigenvalue weighted by Crippen LogP contribution is 2.15. The Bertz CT molecular complexity index is 850. The van der Waals surface area contributed by atoms with E-state index in [1.54, 1.807) is 24.3 Å². The van der Waals surface area contributed by atoms with Gasteiger partial charge in [-0.1, -0.05) is 17.7 Å². The molecule has 25 heavy (non-hydrogen) atoms. The number of halogens is 1. The molecule has 0 saturated heterocycles. The maximum absolute atomic E-state index is 12.0. The lowest BCUT2D eigenvalue weighted by Crippen LogP contribution is -2.39. The Morgan fingerprint density at radius 1 is 1.24 bits per heavy atom. The number of amides is 2. The van der Waals surface area contributed by atoms with Crippen molar-refractivity contribution in [1.82, 2.24) is 25.2 Å². The number of fused-ring (bicyclic) bond motifs is 1. The molecule has 1 unspecified atom stereocenters. The Kier molecular flexibility index (Phi) is 5.35. The second-order valence-corrected chi connectivity index (χ2v) is 5.85. The van der Waals surface area contributed by atoms with Gasteiger partial charge in [0.15, 0.2) is 11.5 Å². The van der Waals surface area contributed by atoms with Crippen molar-refractivity contribution in [3.05, 3.63) is 59.5 Å². The van der Waals surface area contributed by atoms with Crippen LogP contribution in [0.4, 0.5) is 4.79 Å². The number of rotatable bonds is 6. The van der Waals surface area contributed by atoms with E-state index in [9.17, 15) is 4.79 Å². The number of carbonyl (C=O) groups excluding carboxylic acids is 1. The molecule has 2 heterocycles. The van der Waals surface area contributed by atoms with E-state index in [1.807, 2.05) is 35.7 Å². The van der Waals surface area contributed by atoms with Crippen molar-refractivity contribution in [2.45, 2.75) is 13.0 Å². The van der Waals surface area contributed by atoms with Gasteiger partial charge in [-0.2, -0.15) is 0 Å². The highest BCUT2D eigenvalue weighted by Gasteiger charge is 2.15. The van der Waals surface area contributed by atoms with Crippen molar-refractivity contribution < 1.29 is 9.53 Å². The lowest BCUT2D eigenvalue weighted by Gasteiger charge is -2.13. The number of nitrogens with zero attached hydrogens (tertiary/aromatic N) is 3. The number of benzene rings is 1. The predicted molar refractivity (Wildman–Crippen MR) is 94.9 cm³/mol. The molecule has 8 heteroatoms. The number of aromatic nitrogens is 3. The summed E-state index contributed by atoms with van der Waals surface area (Å²) in [5, 5.41) is 14.4. The normalized spacial score (nSPS) is 11.9. The van der Waals surface area contributed by atoms with Crippen molar-refractivity contribution >= 4 is 23.3 Å². The molecule has 130 valence electrons. The number of hydrogen-bond donors (Lipinski definition) is 2. The first-order valence-corrected chi connectivity index (χ1v) is 8.23. The Morgan fingerprint density at radius 2 is 2.04 bits per heavy atom. The fourth-order valence-corrected chi connectivity index (χ4v) is 2.46. The Balaban J connectivity index is 1.45. The number of urea groups is 1. The summed E-state index contributed by atoms with van der Waals surface area (Å²) in [6, 6.07) is 12.1. The molecule has 1 atom stereocenters. The number of pyridine rings is 1. The molecule has 3 aromatic rings. The van der Waals surface area contributed by atoms with Gasteiger partial charge in [0.1, 0.15) is 12.4 Å². The molecule has 0 aliphatic carbocycles. The zero-order chi connectivity index (χ0) is 17.6. The molecule has 0 aliphatic rings. The van der Waals surface area contributed by atoms with Gasteiger partial charge in [-0.05, 0) is 43.3 Å². The van der Waals surface area contributed by atoms with Crippen LogP contribution >= 0.6 is 11.6 Å². The van der Waals surface area contributed by atoms with Crippen molar-refractivity contribution in [3.63, 3.8) is 0 Å². The van der Waals surface area contributed by atoms with E-state index >= 15 is 0 Å². The highest BCUT2D eigenvalue weighted by atomic mass is 35.5. The van der Waals surface area contributed by atoms with Gasteiger partial charge in [-0.15, -0.1) is 10.2 Å². The lowest BCUT2D eigenvalue weighted by atomic mass is 10.3. The third-order valence-corrected chi connectivity index (χ3v) is 3.80. The zero-order valence-electron chi connectivity index (χ0n) is 13.6. The molecular weight excluding hydrogens is 342 g/mol. The lowest BCUT2D eigenvalue weighted by molar-refractivity contribution is 0.233. The number of carbonyl (C=O) groups is 1. The van der Waals surface area contributed by atoms with Gasteiger partial charge in [-0.25, -0.2) is 4.79 Å². The molecule has 2 amide bonds. The van der Waals surface area contributed by atoms with Crippen LogP contribution in [-0.2, 0) is 0 Å². The van der Waals surface area contributed by atoms with Crippen molar-refractivity contribution in [1.29, 1.82) is 0 Å². The summed E-state index contributed by atoms with van der Waals surface area (Å²) >= 11 is 5.81. The first kappa shape index (κ1) is 17.0. The summed E-state index contributed by atoms with van der Waals surface area (Å²) in [5.41, 5.74) is 0.739. The molecule has 1 aromatic carbocycles. The summed E-state index contributed by atoms with van der Waals surface area (Å²) in [5.74, 6) is 1.37. The minimum Gasteiger partial charge on any atom is -0.492 e. The van der Waals surface area contributed by atoms with Crippen LogP contribution in [0.3, 0.4) is 0 Å². The fourth-order valence-electron chi connectivity index (χ4n) is 2.33. The Labute approximate surface area is 150 Å². The van der Waals surface area contributed by atoms with E-state index in [0.717, 1.165) is 5.65 Å². The van der Waals surface area contributed by atoms with Gasteiger partial charge in [0, 0.05) is 11.2 Å². The van der Waals surface area contributed by atoms with Crippen molar-refractivity contribution in [2.75, 3.05) is 13.2 Å². The van der Waals surface area contributed by atoms with Gasteiger partial charge in [0.25, 0.3) is 0 Å². The van der Waals surface area contributed by atoms with Crippen LogP contribution in [-0.4, -0.2) is 33.8 Å². The van der Waals surface area contributed by atoms with Gasteiger partial charge >= 0.3 is 6.03 Å². The second kappa shape index (κ2) is 7.85. The summed E-state index contributed by atoms with van der Waals surface area (Å²) in [6.07, 6.45) is 1.86. The number of ether oxygens (including phenoxy) is 1. The molecule has 0 saturated carbocycles. The zero-order valence-corrected chi connectivity index (χ0v) is 14.4.